The van der Waals surface area contributed by atoms with Gasteiger partial charge in [-0.15, -0.1) is 0 Å². The first-order valence-corrected chi connectivity index (χ1v) is 6.96. The SMILES string of the molecule is CCCC(NC)c1ccn(Cc2cncc(C)c2)c1. The van der Waals surface area contributed by atoms with Gasteiger partial charge in [0, 0.05) is 37.4 Å². The summed E-state index contributed by atoms with van der Waals surface area (Å²) in [6.45, 7) is 5.19. The number of rotatable bonds is 6. The van der Waals surface area contributed by atoms with Crippen molar-refractivity contribution in [2.75, 3.05) is 7.05 Å². The van der Waals surface area contributed by atoms with Crippen LogP contribution in [0.25, 0.3) is 0 Å². The Morgan fingerprint density at radius 1 is 1.37 bits per heavy atom. The molecule has 0 amide bonds. The molecule has 19 heavy (non-hydrogen) atoms. The van der Waals surface area contributed by atoms with Crippen LogP contribution in [0.2, 0.25) is 0 Å². The molecule has 0 aliphatic heterocycles. The highest BCUT2D eigenvalue weighted by Gasteiger charge is 2.09. The minimum absolute atomic E-state index is 0.460. The van der Waals surface area contributed by atoms with Crippen molar-refractivity contribution < 1.29 is 0 Å². The van der Waals surface area contributed by atoms with Crippen LogP contribution in [0, 0.1) is 6.92 Å². The maximum atomic E-state index is 4.24. The number of nitrogens with zero attached hydrogens (tertiary/aromatic N) is 2. The Morgan fingerprint density at radius 2 is 2.21 bits per heavy atom. The van der Waals surface area contributed by atoms with Gasteiger partial charge in [0.15, 0.2) is 0 Å². The summed E-state index contributed by atoms with van der Waals surface area (Å²) in [5.41, 5.74) is 3.83. The molecule has 1 atom stereocenters. The number of nitrogens with one attached hydrogen (secondary N) is 1. The standard InChI is InChI=1S/C16H23N3/c1-4-5-16(17-3)15-6-7-19(12-15)11-14-8-13(2)9-18-10-14/h6-10,12,16-17H,4-5,11H2,1-3H3. The van der Waals surface area contributed by atoms with Crippen molar-refractivity contribution in [1.82, 2.24) is 14.9 Å². The molecule has 2 aromatic heterocycles. The zero-order chi connectivity index (χ0) is 13.7. The van der Waals surface area contributed by atoms with E-state index in [9.17, 15) is 0 Å². The molecule has 0 bridgehead atoms. The van der Waals surface area contributed by atoms with Crippen molar-refractivity contribution in [2.45, 2.75) is 39.3 Å². The van der Waals surface area contributed by atoms with E-state index in [4.69, 9.17) is 0 Å². The Hall–Kier alpha value is -1.61. The molecule has 2 heterocycles. The summed E-state index contributed by atoms with van der Waals surface area (Å²) >= 11 is 0. The van der Waals surface area contributed by atoms with Gasteiger partial charge in [0.1, 0.15) is 0 Å². The number of hydrogen-bond acceptors (Lipinski definition) is 2. The summed E-state index contributed by atoms with van der Waals surface area (Å²) in [6.07, 6.45) is 10.6. The van der Waals surface area contributed by atoms with Crippen molar-refractivity contribution >= 4 is 0 Å². The van der Waals surface area contributed by atoms with Gasteiger partial charge in [-0.2, -0.15) is 0 Å². The van der Waals surface area contributed by atoms with Crippen LogP contribution in [-0.4, -0.2) is 16.6 Å². The molecule has 3 nitrogen and oxygen atoms in total. The first-order valence-electron chi connectivity index (χ1n) is 6.96. The highest BCUT2D eigenvalue weighted by Crippen LogP contribution is 2.18. The lowest BCUT2D eigenvalue weighted by Crippen LogP contribution is -2.15. The summed E-state index contributed by atoms with van der Waals surface area (Å²) in [5, 5.41) is 3.38. The average molecular weight is 257 g/mol. The largest absolute Gasteiger partial charge is 0.350 e. The monoisotopic (exact) mass is 257 g/mol. The van der Waals surface area contributed by atoms with Gasteiger partial charge in [-0.05, 0) is 43.1 Å². The number of aromatic nitrogens is 2. The lowest BCUT2D eigenvalue weighted by Gasteiger charge is -2.13. The van der Waals surface area contributed by atoms with Gasteiger partial charge >= 0.3 is 0 Å². The molecule has 2 rings (SSSR count). The van der Waals surface area contributed by atoms with Gasteiger partial charge in [-0.3, -0.25) is 4.98 Å². The Kier molecular flexibility index (Phi) is 4.74. The normalized spacial score (nSPS) is 12.6. The number of pyridine rings is 1. The second kappa shape index (κ2) is 6.53. The van der Waals surface area contributed by atoms with E-state index in [1.54, 1.807) is 0 Å². The highest BCUT2D eigenvalue weighted by atomic mass is 15.0. The van der Waals surface area contributed by atoms with Crippen molar-refractivity contribution in [1.29, 1.82) is 0 Å². The third-order valence-electron chi connectivity index (χ3n) is 3.40. The molecule has 3 heteroatoms. The molecule has 1 unspecified atom stereocenters. The fourth-order valence-electron chi connectivity index (χ4n) is 2.44. The molecule has 2 aromatic rings. The molecule has 0 aliphatic carbocycles. The zero-order valence-corrected chi connectivity index (χ0v) is 12.1. The molecule has 0 fully saturated rings. The lowest BCUT2D eigenvalue weighted by atomic mass is 10.1. The van der Waals surface area contributed by atoms with Crippen LogP contribution in [0.15, 0.2) is 36.9 Å². The van der Waals surface area contributed by atoms with Gasteiger partial charge in [-0.1, -0.05) is 19.4 Å². The number of aryl methyl sites for hydroxylation is 1. The van der Waals surface area contributed by atoms with E-state index >= 15 is 0 Å². The minimum atomic E-state index is 0.460. The first-order chi connectivity index (χ1) is 9.22. The van der Waals surface area contributed by atoms with Gasteiger partial charge in [0.05, 0.1) is 0 Å². The van der Waals surface area contributed by atoms with Crippen molar-refractivity contribution in [3.8, 4) is 0 Å². The van der Waals surface area contributed by atoms with Crippen molar-refractivity contribution in [2.24, 2.45) is 0 Å². The summed E-state index contributed by atoms with van der Waals surface area (Å²) in [5.74, 6) is 0. The number of hydrogen-bond donors (Lipinski definition) is 1. The van der Waals surface area contributed by atoms with E-state index < -0.39 is 0 Å². The van der Waals surface area contributed by atoms with Crippen molar-refractivity contribution in [3.05, 3.63) is 53.6 Å². The van der Waals surface area contributed by atoms with Gasteiger partial charge in [0.25, 0.3) is 0 Å². The van der Waals surface area contributed by atoms with Crippen LogP contribution < -0.4 is 5.32 Å². The van der Waals surface area contributed by atoms with Crippen LogP contribution in [0.4, 0.5) is 0 Å². The first kappa shape index (κ1) is 13.8. The smallest absolute Gasteiger partial charge is 0.0485 e. The van der Waals surface area contributed by atoms with Crippen LogP contribution in [0.3, 0.4) is 0 Å². The molecular formula is C16H23N3. The minimum Gasteiger partial charge on any atom is -0.350 e. The van der Waals surface area contributed by atoms with Crippen LogP contribution in [0.1, 0.15) is 42.5 Å². The van der Waals surface area contributed by atoms with E-state index in [0.717, 1.165) is 6.54 Å². The topological polar surface area (TPSA) is 29.9 Å². The second-order valence-corrected chi connectivity index (χ2v) is 5.12. The molecule has 1 N–H and O–H groups in total. The summed E-state index contributed by atoms with van der Waals surface area (Å²) < 4.78 is 2.23. The highest BCUT2D eigenvalue weighted by molar-refractivity contribution is 5.20. The third-order valence-corrected chi connectivity index (χ3v) is 3.40. The molecular weight excluding hydrogens is 234 g/mol. The summed E-state index contributed by atoms with van der Waals surface area (Å²) in [4.78, 5) is 4.24. The molecule has 0 spiro atoms. The van der Waals surface area contributed by atoms with E-state index in [0.29, 0.717) is 6.04 Å². The Morgan fingerprint density at radius 3 is 2.89 bits per heavy atom. The lowest BCUT2D eigenvalue weighted by molar-refractivity contribution is 0.540. The second-order valence-electron chi connectivity index (χ2n) is 5.12. The van der Waals surface area contributed by atoms with Crippen LogP contribution >= 0.6 is 0 Å². The predicted octanol–water partition coefficient (Wildman–Crippen LogP) is 3.30. The van der Waals surface area contributed by atoms with Crippen LogP contribution in [-0.2, 0) is 6.54 Å². The predicted molar refractivity (Wildman–Crippen MR) is 79.2 cm³/mol. The quantitative estimate of drug-likeness (QED) is 0.860. The molecule has 0 aliphatic rings. The summed E-state index contributed by atoms with van der Waals surface area (Å²) in [6, 6.07) is 4.86. The fourth-order valence-corrected chi connectivity index (χ4v) is 2.44. The molecule has 102 valence electrons. The Bertz CT molecular complexity index is 516. The summed E-state index contributed by atoms with van der Waals surface area (Å²) in [7, 11) is 2.03. The Balaban J connectivity index is 2.08. The molecule has 0 saturated carbocycles. The maximum absolute atomic E-state index is 4.24. The van der Waals surface area contributed by atoms with Gasteiger partial charge in [-0.25, -0.2) is 0 Å². The van der Waals surface area contributed by atoms with Crippen molar-refractivity contribution in [3.63, 3.8) is 0 Å². The average Bonchev–Trinajstić information content (AvgIpc) is 2.84. The molecule has 0 saturated heterocycles. The van der Waals surface area contributed by atoms with E-state index in [1.807, 2.05) is 19.4 Å². The molecule has 0 radical (unpaired) electrons. The van der Waals surface area contributed by atoms with E-state index in [2.05, 4.69) is 53.2 Å². The Labute approximate surface area is 115 Å². The zero-order valence-electron chi connectivity index (χ0n) is 12.1. The van der Waals surface area contributed by atoms with Gasteiger partial charge < -0.3 is 9.88 Å². The van der Waals surface area contributed by atoms with E-state index in [1.165, 1.54) is 29.5 Å². The maximum Gasteiger partial charge on any atom is 0.0485 e. The third kappa shape index (κ3) is 3.67. The fraction of sp³-hybridized carbons (Fsp3) is 0.438. The van der Waals surface area contributed by atoms with Crippen LogP contribution in [0.5, 0.6) is 0 Å². The van der Waals surface area contributed by atoms with E-state index in [-0.39, 0.29) is 0 Å². The van der Waals surface area contributed by atoms with Gasteiger partial charge in [0.2, 0.25) is 0 Å². The molecule has 0 aromatic carbocycles.